The quantitative estimate of drug-likeness (QED) is 0.803. The van der Waals surface area contributed by atoms with Crippen molar-refractivity contribution in [1.29, 1.82) is 0 Å². The van der Waals surface area contributed by atoms with Gasteiger partial charge in [0.1, 0.15) is 5.88 Å². The topological polar surface area (TPSA) is 42.0 Å². The molecule has 0 aliphatic rings. The van der Waals surface area contributed by atoms with E-state index in [1.807, 2.05) is 13.8 Å². The number of amides is 1. The number of hydrogen-bond acceptors (Lipinski definition) is 3. The number of carbonyl (C=O) groups excluding carboxylic acids is 1. The molecule has 0 aliphatic heterocycles. The second kappa shape index (κ2) is 5.32. The summed E-state index contributed by atoms with van der Waals surface area (Å²) >= 11 is 7.03. The fraction of sp³-hybridized carbons (Fsp3) is 0.556. The molecule has 1 N–H and O–H groups in total. The van der Waals surface area contributed by atoms with Gasteiger partial charge in [-0.05, 0) is 13.8 Å². The van der Waals surface area contributed by atoms with Crippen molar-refractivity contribution in [3.05, 3.63) is 15.6 Å². The maximum absolute atomic E-state index is 10.8. The van der Waals surface area contributed by atoms with Crippen molar-refractivity contribution in [3.63, 3.8) is 0 Å². The summed E-state index contributed by atoms with van der Waals surface area (Å²) in [5.74, 6) is -0.0914. The second-order valence-electron chi connectivity index (χ2n) is 2.98. The van der Waals surface area contributed by atoms with Gasteiger partial charge in [0.15, 0.2) is 0 Å². The van der Waals surface area contributed by atoms with Gasteiger partial charge in [-0.2, -0.15) is 0 Å². The largest absolute Gasteiger partial charge is 0.355 e. The van der Waals surface area contributed by atoms with E-state index in [1.165, 1.54) is 4.88 Å². The number of halogens is 1. The summed E-state index contributed by atoms with van der Waals surface area (Å²) in [7, 11) is 0. The van der Waals surface area contributed by atoms with Gasteiger partial charge in [-0.25, -0.2) is 4.98 Å². The molecule has 1 aromatic heterocycles. The molecule has 0 unspecified atom stereocenters. The number of thiazole rings is 1. The summed E-state index contributed by atoms with van der Waals surface area (Å²) in [5.41, 5.74) is 1.06. The third kappa shape index (κ3) is 3.27. The Bertz CT molecular complexity index is 325. The molecule has 0 atom stereocenters. The molecular formula is C9H13ClN2OS. The molecule has 0 fully saturated rings. The molecule has 1 aromatic rings. The minimum atomic E-state index is -0.120. The van der Waals surface area contributed by atoms with Crippen LogP contribution in [0.1, 0.15) is 15.6 Å². The molecule has 0 aliphatic carbocycles. The minimum Gasteiger partial charge on any atom is -0.355 e. The highest BCUT2D eigenvalue weighted by atomic mass is 35.5. The Labute approximate surface area is 92.5 Å². The number of nitrogens with zero attached hydrogens (tertiary/aromatic N) is 1. The summed E-state index contributed by atoms with van der Waals surface area (Å²) < 4.78 is 0. The maximum Gasteiger partial charge on any atom is 0.234 e. The molecule has 1 rings (SSSR count). The molecule has 78 valence electrons. The zero-order chi connectivity index (χ0) is 10.6. The van der Waals surface area contributed by atoms with Gasteiger partial charge >= 0.3 is 0 Å². The van der Waals surface area contributed by atoms with Gasteiger partial charge in [0.25, 0.3) is 0 Å². The van der Waals surface area contributed by atoms with Crippen LogP contribution in [-0.2, 0) is 11.2 Å². The van der Waals surface area contributed by atoms with Crippen LogP contribution in [0.3, 0.4) is 0 Å². The predicted octanol–water partition coefficient (Wildman–Crippen LogP) is 1.66. The number of carbonyl (C=O) groups is 1. The number of aromatic nitrogens is 1. The van der Waals surface area contributed by atoms with E-state index >= 15 is 0 Å². The van der Waals surface area contributed by atoms with Crippen LogP contribution in [0.4, 0.5) is 0 Å². The Morgan fingerprint density at radius 2 is 2.29 bits per heavy atom. The van der Waals surface area contributed by atoms with Crippen LogP contribution < -0.4 is 5.32 Å². The molecule has 14 heavy (non-hydrogen) atoms. The smallest absolute Gasteiger partial charge is 0.234 e. The van der Waals surface area contributed by atoms with Gasteiger partial charge in [0.05, 0.1) is 10.7 Å². The Kier molecular flexibility index (Phi) is 4.35. The fourth-order valence-electron chi connectivity index (χ4n) is 1.17. The molecule has 5 heteroatoms. The number of nitrogens with one attached hydrogen (secondary N) is 1. The number of rotatable bonds is 4. The van der Waals surface area contributed by atoms with E-state index in [9.17, 15) is 4.79 Å². The Balaban J connectivity index is 2.38. The van der Waals surface area contributed by atoms with Gasteiger partial charge in [0.2, 0.25) is 5.91 Å². The van der Waals surface area contributed by atoms with Gasteiger partial charge in [-0.1, -0.05) is 0 Å². The van der Waals surface area contributed by atoms with Crippen molar-refractivity contribution in [2.75, 3.05) is 12.4 Å². The van der Waals surface area contributed by atoms with Crippen LogP contribution in [0.2, 0.25) is 0 Å². The summed E-state index contributed by atoms with van der Waals surface area (Å²) in [6.07, 6.45) is 0.833. The molecule has 0 aromatic carbocycles. The molecule has 0 saturated carbocycles. The van der Waals surface area contributed by atoms with Crippen molar-refractivity contribution in [3.8, 4) is 0 Å². The summed E-state index contributed by atoms with van der Waals surface area (Å²) in [4.78, 5) is 16.4. The first kappa shape index (κ1) is 11.5. The number of aryl methyl sites for hydroxylation is 2. The number of alkyl halides is 1. The highest BCUT2D eigenvalue weighted by molar-refractivity contribution is 7.11. The van der Waals surface area contributed by atoms with Gasteiger partial charge < -0.3 is 5.32 Å². The maximum atomic E-state index is 10.8. The first-order valence-electron chi connectivity index (χ1n) is 4.39. The molecule has 0 radical (unpaired) electrons. The van der Waals surface area contributed by atoms with Crippen molar-refractivity contribution in [2.45, 2.75) is 20.3 Å². The summed E-state index contributed by atoms with van der Waals surface area (Å²) in [6, 6.07) is 0. The molecule has 0 bridgehead atoms. The third-order valence-electron chi connectivity index (χ3n) is 1.80. The lowest BCUT2D eigenvalue weighted by Crippen LogP contribution is -2.26. The van der Waals surface area contributed by atoms with Gasteiger partial charge in [-0.15, -0.1) is 22.9 Å². The summed E-state index contributed by atoms with van der Waals surface area (Å²) in [5, 5.41) is 3.80. The van der Waals surface area contributed by atoms with E-state index in [4.69, 9.17) is 11.6 Å². The minimum absolute atomic E-state index is 0.0285. The Morgan fingerprint density at radius 1 is 1.57 bits per heavy atom. The van der Waals surface area contributed by atoms with Crippen LogP contribution in [0.5, 0.6) is 0 Å². The zero-order valence-electron chi connectivity index (χ0n) is 8.26. The number of hydrogen-bond donors (Lipinski definition) is 1. The van der Waals surface area contributed by atoms with Crippen LogP contribution in [0.25, 0.3) is 0 Å². The van der Waals surface area contributed by atoms with Gasteiger partial charge in [-0.3, -0.25) is 4.79 Å². The van der Waals surface area contributed by atoms with Crippen LogP contribution in [0, 0.1) is 13.8 Å². The highest BCUT2D eigenvalue weighted by Gasteiger charge is 2.04. The van der Waals surface area contributed by atoms with E-state index in [2.05, 4.69) is 10.3 Å². The Hall–Kier alpha value is -0.610. The first-order valence-corrected chi connectivity index (χ1v) is 5.74. The van der Waals surface area contributed by atoms with E-state index < -0.39 is 0 Å². The second-order valence-corrected chi connectivity index (χ2v) is 4.53. The average molecular weight is 233 g/mol. The predicted molar refractivity (Wildman–Crippen MR) is 59.0 cm³/mol. The SMILES string of the molecule is Cc1nc(C)c(CCNC(=O)CCl)s1. The third-order valence-corrected chi connectivity index (χ3v) is 3.17. The molecular weight excluding hydrogens is 220 g/mol. The van der Waals surface area contributed by atoms with Gasteiger partial charge in [0, 0.05) is 17.8 Å². The molecule has 0 saturated heterocycles. The molecule has 1 amide bonds. The van der Waals surface area contributed by atoms with E-state index in [-0.39, 0.29) is 11.8 Å². The fourth-order valence-corrected chi connectivity index (χ4v) is 2.20. The molecule has 3 nitrogen and oxygen atoms in total. The van der Waals surface area contributed by atoms with Crippen molar-refractivity contribution >= 4 is 28.8 Å². The van der Waals surface area contributed by atoms with Crippen LogP contribution in [0.15, 0.2) is 0 Å². The monoisotopic (exact) mass is 232 g/mol. The normalized spacial score (nSPS) is 10.2. The Morgan fingerprint density at radius 3 is 2.79 bits per heavy atom. The van der Waals surface area contributed by atoms with Crippen LogP contribution in [-0.4, -0.2) is 23.3 Å². The average Bonchev–Trinajstić information content (AvgIpc) is 2.45. The molecule has 1 heterocycles. The van der Waals surface area contributed by atoms with Crippen molar-refractivity contribution in [1.82, 2.24) is 10.3 Å². The van der Waals surface area contributed by atoms with Crippen molar-refractivity contribution < 1.29 is 4.79 Å². The highest BCUT2D eigenvalue weighted by Crippen LogP contribution is 2.16. The van der Waals surface area contributed by atoms with E-state index in [0.29, 0.717) is 6.54 Å². The lowest BCUT2D eigenvalue weighted by Gasteiger charge is -2.01. The standard InChI is InChI=1S/C9H13ClN2OS/c1-6-8(14-7(2)12-6)3-4-11-9(13)5-10/h3-5H2,1-2H3,(H,11,13). The van der Waals surface area contributed by atoms with Crippen molar-refractivity contribution in [2.24, 2.45) is 0 Å². The van der Waals surface area contributed by atoms with E-state index in [0.717, 1.165) is 17.1 Å². The zero-order valence-corrected chi connectivity index (χ0v) is 9.84. The van der Waals surface area contributed by atoms with Crippen LogP contribution >= 0.6 is 22.9 Å². The molecule has 0 spiro atoms. The summed E-state index contributed by atoms with van der Waals surface area (Å²) in [6.45, 7) is 4.61. The first-order chi connectivity index (χ1) is 6.63. The van der Waals surface area contributed by atoms with E-state index in [1.54, 1.807) is 11.3 Å². The lowest BCUT2D eigenvalue weighted by atomic mass is 10.3. The lowest BCUT2D eigenvalue weighted by molar-refractivity contribution is -0.118.